The van der Waals surface area contributed by atoms with Crippen molar-refractivity contribution in [2.75, 3.05) is 0 Å². The van der Waals surface area contributed by atoms with Crippen LogP contribution in [-0.2, 0) is 4.79 Å². The average molecular weight is 224 g/mol. The highest BCUT2D eigenvalue weighted by atomic mass is 32.2. The molecule has 1 rings (SSSR count). The monoisotopic (exact) mass is 224 g/mol. The van der Waals surface area contributed by atoms with Crippen LogP contribution >= 0.6 is 11.8 Å². The molecule has 3 nitrogen and oxygen atoms in total. The van der Waals surface area contributed by atoms with E-state index in [1.165, 1.54) is 11.8 Å². The van der Waals surface area contributed by atoms with E-state index >= 15 is 0 Å². The number of aromatic nitrogens is 1. The third kappa shape index (κ3) is 3.55. The standard InChI is InChI=1S/C11H16N2OS/c1-4-9(11(12)14)15-10-6-7(2)5-8(3)13-10/h5-6,9H,4H2,1-3H3,(H2,12,14). The Morgan fingerprint density at radius 3 is 2.67 bits per heavy atom. The Hall–Kier alpha value is -1.03. The third-order valence-electron chi connectivity index (χ3n) is 2.03. The first-order valence-corrected chi connectivity index (χ1v) is 5.82. The summed E-state index contributed by atoms with van der Waals surface area (Å²) in [6.07, 6.45) is 0.731. The van der Waals surface area contributed by atoms with Gasteiger partial charge < -0.3 is 5.73 Å². The Bertz CT molecular complexity index is 345. The van der Waals surface area contributed by atoms with Gasteiger partial charge in [0.1, 0.15) is 0 Å². The van der Waals surface area contributed by atoms with Gasteiger partial charge in [-0.3, -0.25) is 4.79 Å². The van der Waals surface area contributed by atoms with Crippen LogP contribution in [0.2, 0.25) is 0 Å². The molecule has 0 aromatic carbocycles. The van der Waals surface area contributed by atoms with Crippen LogP contribution in [0.25, 0.3) is 0 Å². The van der Waals surface area contributed by atoms with Gasteiger partial charge in [0.15, 0.2) is 0 Å². The molecule has 1 aromatic heterocycles. The Morgan fingerprint density at radius 1 is 1.53 bits per heavy atom. The number of hydrogen-bond acceptors (Lipinski definition) is 3. The second-order valence-corrected chi connectivity index (χ2v) is 4.76. The third-order valence-corrected chi connectivity index (χ3v) is 3.33. The molecule has 2 N–H and O–H groups in total. The van der Waals surface area contributed by atoms with Crippen molar-refractivity contribution in [2.24, 2.45) is 5.73 Å². The number of thioether (sulfide) groups is 1. The van der Waals surface area contributed by atoms with E-state index in [1.54, 1.807) is 0 Å². The maximum absolute atomic E-state index is 11.1. The van der Waals surface area contributed by atoms with Crippen LogP contribution in [0.1, 0.15) is 24.6 Å². The number of nitrogens with two attached hydrogens (primary N) is 1. The number of primary amides is 1. The predicted molar refractivity (Wildman–Crippen MR) is 62.8 cm³/mol. The molecule has 0 radical (unpaired) electrons. The minimum absolute atomic E-state index is 0.182. The summed E-state index contributed by atoms with van der Waals surface area (Å²) in [7, 11) is 0. The summed E-state index contributed by atoms with van der Waals surface area (Å²) in [5.41, 5.74) is 7.41. The molecule has 0 aliphatic rings. The lowest BCUT2D eigenvalue weighted by molar-refractivity contribution is -0.117. The van der Waals surface area contributed by atoms with Gasteiger partial charge in [-0.2, -0.15) is 0 Å². The fraction of sp³-hybridized carbons (Fsp3) is 0.455. The van der Waals surface area contributed by atoms with Crippen LogP contribution in [0, 0.1) is 13.8 Å². The number of aryl methyl sites for hydroxylation is 2. The molecule has 0 fully saturated rings. The van der Waals surface area contributed by atoms with Gasteiger partial charge in [-0.1, -0.05) is 18.7 Å². The lowest BCUT2D eigenvalue weighted by Gasteiger charge is -2.10. The van der Waals surface area contributed by atoms with Crippen LogP contribution in [0.4, 0.5) is 0 Å². The highest BCUT2D eigenvalue weighted by Gasteiger charge is 2.15. The molecule has 0 aliphatic carbocycles. The first-order chi connectivity index (χ1) is 7.02. The molecular weight excluding hydrogens is 208 g/mol. The van der Waals surface area contributed by atoms with Crippen LogP contribution in [0.5, 0.6) is 0 Å². The van der Waals surface area contributed by atoms with Crippen molar-refractivity contribution in [3.63, 3.8) is 0 Å². The SMILES string of the molecule is CCC(Sc1cc(C)cc(C)n1)C(N)=O. The summed E-state index contributed by atoms with van der Waals surface area (Å²) in [5.74, 6) is -0.275. The molecule has 1 atom stereocenters. The maximum Gasteiger partial charge on any atom is 0.230 e. The van der Waals surface area contributed by atoms with E-state index < -0.39 is 0 Å². The first-order valence-electron chi connectivity index (χ1n) is 4.94. The molecule has 1 amide bonds. The predicted octanol–water partition coefficient (Wildman–Crippen LogP) is 2.05. The normalized spacial score (nSPS) is 12.5. The maximum atomic E-state index is 11.1. The van der Waals surface area contributed by atoms with Gasteiger partial charge in [-0.05, 0) is 38.0 Å². The fourth-order valence-electron chi connectivity index (χ4n) is 1.35. The largest absolute Gasteiger partial charge is 0.369 e. The lowest BCUT2D eigenvalue weighted by atomic mass is 10.3. The summed E-state index contributed by atoms with van der Waals surface area (Å²) in [6.45, 7) is 5.91. The smallest absolute Gasteiger partial charge is 0.230 e. The summed E-state index contributed by atoms with van der Waals surface area (Å²) in [4.78, 5) is 15.4. The van der Waals surface area contributed by atoms with Gasteiger partial charge in [-0.15, -0.1) is 0 Å². The molecule has 0 saturated carbocycles. The van der Waals surface area contributed by atoms with E-state index in [0.29, 0.717) is 0 Å². The van der Waals surface area contributed by atoms with E-state index in [-0.39, 0.29) is 11.2 Å². The molecule has 4 heteroatoms. The number of hydrogen-bond donors (Lipinski definition) is 1. The minimum atomic E-state index is -0.275. The lowest BCUT2D eigenvalue weighted by Crippen LogP contribution is -2.24. The van der Waals surface area contributed by atoms with Crippen molar-refractivity contribution < 1.29 is 4.79 Å². The van der Waals surface area contributed by atoms with E-state index in [1.807, 2.05) is 32.9 Å². The van der Waals surface area contributed by atoms with Gasteiger partial charge in [0, 0.05) is 5.69 Å². The Kier molecular flexibility index (Phi) is 4.15. The van der Waals surface area contributed by atoms with E-state index in [4.69, 9.17) is 5.73 Å². The summed E-state index contributed by atoms with van der Waals surface area (Å²) < 4.78 is 0. The number of amides is 1. The number of rotatable bonds is 4. The van der Waals surface area contributed by atoms with Crippen molar-refractivity contribution in [2.45, 2.75) is 37.5 Å². The summed E-state index contributed by atoms with van der Waals surface area (Å²) >= 11 is 1.44. The van der Waals surface area contributed by atoms with E-state index in [2.05, 4.69) is 4.98 Å². The average Bonchev–Trinajstić information content (AvgIpc) is 2.12. The fourth-order valence-corrected chi connectivity index (χ4v) is 2.38. The Balaban J connectivity index is 2.83. The quantitative estimate of drug-likeness (QED) is 0.796. The Morgan fingerprint density at radius 2 is 2.20 bits per heavy atom. The van der Waals surface area contributed by atoms with Crippen LogP contribution in [-0.4, -0.2) is 16.1 Å². The van der Waals surface area contributed by atoms with Crippen molar-refractivity contribution in [1.29, 1.82) is 0 Å². The molecule has 0 aliphatic heterocycles. The molecule has 82 valence electrons. The zero-order chi connectivity index (χ0) is 11.4. The van der Waals surface area contributed by atoms with Gasteiger partial charge in [-0.25, -0.2) is 4.98 Å². The van der Waals surface area contributed by atoms with Crippen molar-refractivity contribution in [3.8, 4) is 0 Å². The van der Waals surface area contributed by atoms with Crippen molar-refractivity contribution in [1.82, 2.24) is 4.98 Å². The molecule has 1 unspecified atom stereocenters. The highest BCUT2D eigenvalue weighted by Crippen LogP contribution is 2.24. The molecular formula is C11H16N2OS. The zero-order valence-corrected chi connectivity index (χ0v) is 10.1. The molecule has 1 heterocycles. The molecule has 1 aromatic rings. The van der Waals surface area contributed by atoms with Gasteiger partial charge in [0.25, 0.3) is 0 Å². The number of nitrogens with zero attached hydrogens (tertiary/aromatic N) is 1. The number of pyridine rings is 1. The highest BCUT2D eigenvalue weighted by molar-refractivity contribution is 8.00. The second kappa shape index (κ2) is 5.16. The van der Waals surface area contributed by atoms with E-state index in [0.717, 1.165) is 22.7 Å². The minimum Gasteiger partial charge on any atom is -0.369 e. The van der Waals surface area contributed by atoms with Crippen LogP contribution < -0.4 is 5.73 Å². The zero-order valence-electron chi connectivity index (χ0n) is 9.28. The molecule has 0 saturated heterocycles. The molecule has 0 bridgehead atoms. The van der Waals surface area contributed by atoms with Crippen molar-refractivity contribution >= 4 is 17.7 Å². The van der Waals surface area contributed by atoms with Crippen LogP contribution in [0.3, 0.4) is 0 Å². The summed E-state index contributed by atoms with van der Waals surface area (Å²) in [6, 6.07) is 3.98. The summed E-state index contributed by atoms with van der Waals surface area (Å²) in [5, 5.41) is 0.692. The van der Waals surface area contributed by atoms with Crippen LogP contribution in [0.15, 0.2) is 17.2 Å². The number of carbonyl (C=O) groups excluding carboxylic acids is 1. The van der Waals surface area contributed by atoms with Gasteiger partial charge in [0.2, 0.25) is 5.91 Å². The van der Waals surface area contributed by atoms with Gasteiger partial charge >= 0.3 is 0 Å². The van der Waals surface area contributed by atoms with Crippen molar-refractivity contribution in [3.05, 3.63) is 23.4 Å². The Labute approximate surface area is 94.5 Å². The first kappa shape index (κ1) is 12.0. The number of carbonyl (C=O) groups is 1. The van der Waals surface area contributed by atoms with Gasteiger partial charge in [0.05, 0.1) is 10.3 Å². The topological polar surface area (TPSA) is 56.0 Å². The second-order valence-electron chi connectivity index (χ2n) is 3.54. The molecule has 0 spiro atoms. The molecule has 15 heavy (non-hydrogen) atoms. The van der Waals surface area contributed by atoms with E-state index in [9.17, 15) is 4.79 Å².